The van der Waals surface area contributed by atoms with E-state index in [0.29, 0.717) is 12.0 Å². The third kappa shape index (κ3) is 3.10. The molecule has 0 aromatic carbocycles. The Morgan fingerprint density at radius 2 is 2.26 bits per heavy atom. The van der Waals surface area contributed by atoms with E-state index in [1.165, 1.54) is 32.0 Å². The van der Waals surface area contributed by atoms with Gasteiger partial charge in [-0.25, -0.2) is 4.98 Å². The first-order chi connectivity index (χ1) is 9.25. The van der Waals surface area contributed by atoms with E-state index in [4.69, 9.17) is 0 Å². The lowest BCUT2D eigenvalue weighted by atomic mass is 9.99. The molecule has 1 unspecified atom stereocenters. The van der Waals surface area contributed by atoms with Crippen LogP contribution in [0.25, 0.3) is 0 Å². The molecule has 1 atom stereocenters. The molecule has 0 radical (unpaired) electrons. The molecule has 104 valence electrons. The molecular formula is C13H19IN4O. The number of hydrogen-bond donors (Lipinski definition) is 2. The summed E-state index contributed by atoms with van der Waals surface area (Å²) in [5.41, 5.74) is -0.0296. The zero-order valence-corrected chi connectivity index (χ0v) is 13.0. The summed E-state index contributed by atoms with van der Waals surface area (Å²) in [6.45, 7) is 3.24. The van der Waals surface area contributed by atoms with Gasteiger partial charge in [-0.05, 0) is 67.3 Å². The van der Waals surface area contributed by atoms with Crippen LogP contribution in [0, 0.1) is 9.49 Å². The molecule has 1 aromatic heterocycles. The fraction of sp³-hybridized carbons (Fsp3) is 0.692. The highest BCUT2D eigenvalue weighted by Gasteiger charge is 2.33. The van der Waals surface area contributed by atoms with Crippen LogP contribution in [-0.2, 0) is 0 Å². The monoisotopic (exact) mass is 374 g/mol. The second kappa shape index (κ2) is 5.78. The summed E-state index contributed by atoms with van der Waals surface area (Å²) in [6.07, 6.45) is 6.50. The lowest BCUT2D eigenvalue weighted by Gasteiger charge is -2.31. The number of nitrogens with one attached hydrogen (secondary N) is 2. The van der Waals surface area contributed by atoms with Crippen LogP contribution in [0.4, 0.5) is 5.82 Å². The van der Waals surface area contributed by atoms with E-state index in [2.05, 4.69) is 42.8 Å². The van der Waals surface area contributed by atoms with Gasteiger partial charge < -0.3 is 15.2 Å². The highest BCUT2D eigenvalue weighted by atomic mass is 127. The number of piperidine rings is 1. The SMILES string of the molecule is O=c1[nH]cnc(N(CC2CCCNC2)C2CC2)c1I. The summed E-state index contributed by atoms with van der Waals surface area (Å²) in [7, 11) is 0. The first kappa shape index (κ1) is 13.4. The van der Waals surface area contributed by atoms with Gasteiger partial charge in [-0.3, -0.25) is 4.79 Å². The molecule has 1 saturated heterocycles. The second-order valence-electron chi connectivity index (χ2n) is 5.47. The molecule has 1 aliphatic heterocycles. The van der Waals surface area contributed by atoms with E-state index in [0.717, 1.165) is 29.0 Å². The van der Waals surface area contributed by atoms with Gasteiger partial charge in [0.2, 0.25) is 0 Å². The molecule has 5 nitrogen and oxygen atoms in total. The van der Waals surface area contributed by atoms with E-state index in [1.54, 1.807) is 0 Å². The molecule has 2 fully saturated rings. The van der Waals surface area contributed by atoms with Crippen LogP contribution in [0.2, 0.25) is 0 Å². The molecule has 1 saturated carbocycles. The molecule has 0 spiro atoms. The van der Waals surface area contributed by atoms with Gasteiger partial charge in [0.1, 0.15) is 9.39 Å². The average Bonchev–Trinajstić information content (AvgIpc) is 3.25. The van der Waals surface area contributed by atoms with Crippen LogP contribution >= 0.6 is 22.6 Å². The number of aromatic nitrogens is 2. The smallest absolute Gasteiger partial charge is 0.266 e. The fourth-order valence-electron chi connectivity index (χ4n) is 2.73. The minimum atomic E-state index is -0.0296. The van der Waals surface area contributed by atoms with Crippen LogP contribution in [0.3, 0.4) is 0 Å². The van der Waals surface area contributed by atoms with Gasteiger partial charge >= 0.3 is 0 Å². The maximum absolute atomic E-state index is 11.7. The molecule has 2 N–H and O–H groups in total. The van der Waals surface area contributed by atoms with Crippen molar-refractivity contribution in [2.24, 2.45) is 5.92 Å². The Bertz CT molecular complexity index is 494. The summed E-state index contributed by atoms with van der Waals surface area (Å²) in [5, 5.41) is 3.46. The van der Waals surface area contributed by atoms with Crippen molar-refractivity contribution < 1.29 is 0 Å². The summed E-state index contributed by atoms with van der Waals surface area (Å²) >= 11 is 2.11. The third-order valence-electron chi connectivity index (χ3n) is 3.89. The molecule has 3 rings (SSSR count). The van der Waals surface area contributed by atoms with E-state index >= 15 is 0 Å². The van der Waals surface area contributed by atoms with E-state index in [-0.39, 0.29) is 5.56 Å². The number of hydrogen-bond acceptors (Lipinski definition) is 4. The molecular weight excluding hydrogens is 355 g/mol. The summed E-state index contributed by atoms with van der Waals surface area (Å²) in [6, 6.07) is 0.588. The predicted octanol–water partition coefficient (Wildman–Crippen LogP) is 1.34. The van der Waals surface area contributed by atoms with Crippen molar-refractivity contribution >= 4 is 28.4 Å². The van der Waals surface area contributed by atoms with Crippen LogP contribution in [0.15, 0.2) is 11.1 Å². The lowest BCUT2D eigenvalue weighted by molar-refractivity contribution is 0.375. The minimum absolute atomic E-state index is 0.0296. The normalized spacial score (nSPS) is 23.3. The van der Waals surface area contributed by atoms with Gasteiger partial charge in [0.25, 0.3) is 5.56 Å². The Morgan fingerprint density at radius 1 is 1.42 bits per heavy atom. The Hall–Kier alpha value is -0.630. The topological polar surface area (TPSA) is 61.0 Å². The summed E-state index contributed by atoms with van der Waals surface area (Å²) < 4.78 is 0.718. The Morgan fingerprint density at radius 3 is 2.95 bits per heavy atom. The molecule has 2 heterocycles. The Labute approximate surface area is 126 Å². The van der Waals surface area contributed by atoms with Crippen LogP contribution in [-0.4, -0.2) is 35.6 Å². The quantitative estimate of drug-likeness (QED) is 0.782. The molecule has 0 bridgehead atoms. The summed E-state index contributed by atoms with van der Waals surface area (Å²) in [5.74, 6) is 1.55. The van der Waals surface area contributed by atoms with Crippen molar-refractivity contribution in [2.75, 3.05) is 24.5 Å². The van der Waals surface area contributed by atoms with Gasteiger partial charge in [-0.15, -0.1) is 0 Å². The summed E-state index contributed by atoms with van der Waals surface area (Å²) in [4.78, 5) is 21.1. The number of halogens is 1. The van der Waals surface area contributed by atoms with Crippen molar-refractivity contribution in [3.8, 4) is 0 Å². The third-order valence-corrected chi connectivity index (χ3v) is 4.86. The number of nitrogens with zero attached hydrogens (tertiary/aromatic N) is 2. The zero-order valence-electron chi connectivity index (χ0n) is 10.9. The Kier molecular flexibility index (Phi) is 4.07. The van der Waals surface area contributed by atoms with E-state index in [9.17, 15) is 4.79 Å². The predicted molar refractivity (Wildman–Crippen MR) is 83.5 cm³/mol. The first-order valence-electron chi connectivity index (χ1n) is 6.96. The first-order valence-corrected chi connectivity index (χ1v) is 8.04. The standard InChI is InChI=1S/C13H19IN4O/c14-11-12(16-8-17-13(11)19)18(10-3-4-10)7-9-2-1-5-15-6-9/h8-10,15H,1-7H2,(H,16,17,19). The average molecular weight is 374 g/mol. The molecule has 1 aromatic rings. The van der Waals surface area contributed by atoms with Crippen molar-refractivity contribution in [3.63, 3.8) is 0 Å². The molecule has 2 aliphatic rings. The van der Waals surface area contributed by atoms with Crippen molar-refractivity contribution in [2.45, 2.75) is 31.7 Å². The lowest BCUT2D eigenvalue weighted by Crippen LogP contribution is -2.40. The van der Waals surface area contributed by atoms with Crippen molar-refractivity contribution in [1.29, 1.82) is 0 Å². The van der Waals surface area contributed by atoms with E-state index in [1.807, 2.05) is 0 Å². The maximum Gasteiger partial charge on any atom is 0.266 e. The van der Waals surface area contributed by atoms with Crippen molar-refractivity contribution in [1.82, 2.24) is 15.3 Å². The van der Waals surface area contributed by atoms with Gasteiger partial charge in [-0.1, -0.05) is 0 Å². The molecule has 19 heavy (non-hydrogen) atoms. The molecule has 6 heteroatoms. The van der Waals surface area contributed by atoms with Gasteiger partial charge in [0.15, 0.2) is 0 Å². The molecule has 0 amide bonds. The number of aromatic amines is 1. The number of rotatable bonds is 4. The van der Waals surface area contributed by atoms with Gasteiger partial charge in [0, 0.05) is 12.6 Å². The van der Waals surface area contributed by atoms with Crippen molar-refractivity contribution in [3.05, 3.63) is 20.3 Å². The molecule has 1 aliphatic carbocycles. The number of anilines is 1. The largest absolute Gasteiger partial charge is 0.352 e. The van der Waals surface area contributed by atoms with Gasteiger partial charge in [-0.2, -0.15) is 0 Å². The minimum Gasteiger partial charge on any atom is -0.352 e. The Balaban J connectivity index is 1.80. The van der Waals surface area contributed by atoms with Crippen LogP contribution in [0.5, 0.6) is 0 Å². The maximum atomic E-state index is 11.7. The van der Waals surface area contributed by atoms with Crippen LogP contribution < -0.4 is 15.8 Å². The van der Waals surface area contributed by atoms with Gasteiger partial charge in [0.05, 0.1) is 6.33 Å². The zero-order chi connectivity index (χ0) is 13.2. The number of H-pyrrole nitrogens is 1. The van der Waals surface area contributed by atoms with Crippen LogP contribution in [0.1, 0.15) is 25.7 Å². The highest BCUT2D eigenvalue weighted by Crippen LogP contribution is 2.33. The highest BCUT2D eigenvalue weighted by molar-refractivity contribution is 14.1. The van der Waals surface area contributed by atoms with E-state index < -0.39 is 0 Å². The fourth-order valence-corrected chi connectivity index (χ4v) is 3.33. The second-order valence-corrected chi connectivity index (χ2v) is 6.54.